The lowest BCUT2D eigenvalue weighted by Crippen LogP contribution is -2.13. The summed E-state index contributed by atoms with van der Waals surface area (Å²) in [5.74, 6) is 0. The van der Waals surface area contributed by atoms with Crippen molar-refractivity contribution in [3.63, 3.8) is 0 Å². The second-order valence-corrected chi connectivity index (χ2v) is 5.85. The molecule has 3 aromatic rings. The first-order valence-corrected chi connectivity index (χ1v) is 7.31. The van der Waals surface area contributed by atoms with Gasteiger partial charge in [0.05, 0.1) is 11.6 Å². The van der Waals surface area contributed by atoms with E-state index in [1.54, 1.807) is 6.20 Å². The quantitative estimate of drug-likeness (QED) is 0.760. The number of hydrogen-bond acceptors (Lipinski definition) is 2. The molecule has 0 spiro atoms. The number of fused-ring (bicyclic) bond motifs is 1. The van der Waals surface area contributed by atoms with Crippen molar-refractivity contribution in [3.05, 3.63) is 75.9 Å². The van der Waals surface area contributed by atoms with E-state index in [4.69, 9.17) is 5.73 Å². The van der Waals surface area contributed by atoms with Crippen molar-refractivity contribution >= 4 is 26.8 Å². The van der Waals surface area contributed by atoms with Gasteiger partial charge in [-0.1, -0.05) is 34.1 Å². The highest BCUT2D eigenvalue weighted by atomic mass is 79.9. The third-order valence-corrected chi connectivity index (χ3v) is 4.05. The zero-order valence-electron chi connectivity index (χ0n) is 11.2. The minimum Gasteiger partial charge on any atom is -0.320 e. The largest absolute Gasteiger partial charge is 0.320 e. The van der Waals surface area contributed by atoms with E-state index in [2.05, 4.69) is 58.2 Å². The molecule has 0 saturated carbocycles. The zero-order valence-corrected chi connectivity index (χ0v) is 12.8. The average Bonchev–Trinajstić information content (AvgIpc) is 2.46. The summed E-state index contributed by atoms with van der Waals surface area (Å²) < 4.78 is 1.08. The smallest absolute Gasteiger partial charge is 0.0702 e. The van der Waals surface area contributed by atoms with Gasteiger partial charge in [-0.15, -0.1) is 0 Å². The maximum Gasteiger partial charge on any atom is 0.0702 e. The monoisotopic (exact) mass is 326 g/mol. The summed E-state index contributed by atoms with van der Waals surface area (Å²) in [7, 11) is 0. The van der Waals surface area contributed by atoms with Crippen LogP contribution in [0.5, 0.6) is 0 Å². The van der Waals surface area contributed by atoms with Gasteiger partial charge in [-0.3, -0.25) is 4.98 Å². The molecule has 2 aromatic carbocycles. The Kier molecular flexibility index (Phi) is 3.55. The average molecular weight is 327 g/mol. The molecule has 20 heavy (non-hydrogen) atoms. The molecule has 0 aliphatic rings. The number of benzene rings is 2. The van der Waals surface area contributed by atoms with Gasteiger partial charge in [0.15, 0.2) is 0 Å². The summed E-state index contributed by atoms with van der Waals surface area (Å²) in [6, 6.07) is 16.3. The Morgan fingerprint density at radius 1 is 1.10 bits per heavy atom. The highest BCUT2D eigenvalue weighted by molar-refractivity contribution is 9.10. The highest BCUT2D eigenvalue weighted by Gasteiger charge is 2.12. The minimum atomic E-state index is -0.118. The van der Waals surface area contributed by atoms with E-state index >= 15 is 0 Å². The molecule has 0 aliphatic heterocycles. The molecule has 2 nitrogen and oxygen atoms in total. The zero-order chi connectivity index (χ0) is 14.1. The van der Waals surface area contributed by atoms with Crippen molar-refractivity contribution in [1.82, 2.24) is 4.98 Å². The maximum absolute atomic E-state index is 6.42. The maximum atomic E-state index is 6.42. The molecular formula is C17H15BrN2. The van der Waals surface area contributed by atoms with Gasteiger partial charge in [-0.2, -0.15) is 0 Å². The van der Waals surface area contributed by atoms with Crippen LogP contribution in [-0.2, 0) is 0 Å². The Hall–Kier alpha value is -1.71. The summed E-state index contributed by atoms with van der Waals surface area (Å²) in [5.41, 5.74) is 10.9. The fraction of sp³-hybridized carbons (Fsp3) is 0.118. The van der Waals surface area contributed by atoms with Gasteiger partial charge in [-0.05, 0) is 53.9 Å². The Balaban J connectivity index is 2.05. The highest BCUT2D eigenvalue weighted by Crippen LogP contribution is 2.26. The van der Waals surface area contributed by atoms with Crippen LogP contribution in [0.3, 0.4) is 0 Å². The third kappa shape index (κ3) is 2.47. The summed E-state index contributed by atoms with van der Waals surface area (Å²) in [6.45, 7) is 2.09. The van der Waals surface area contributed by atoms with Crippen LogP contribution in [-0.4, -0.2) is 4.98 Å². The second-order valence-electron chi connectivity index (χ2n) is 4.93. The molecule has 3 rings (SSSR count). The molecule has 1 unspecified atom stereocenters. The second kappa shape index (κ2) is 5.35. The number of pyridine rings is 1. The van der Waals surface area contributed by atoms with Gasteiger partial charge in [0.2, 0.25) is 0 Å². The molecule has 0 amide bonds. The molecule has 100 valence electrons. The number of halogens is 1. The van der Waals surface area contributed by atoms with E-state index in [9.17, 15) is 0 Å². The van der Waals surface area contributed by atoms with E-state index in [-0.39, 0.29) is 6.04 Å². The third-order valence-electron chi connectivity index (χ3n) is 3.55. The van der Waals surface area contributed by atoms with Gasteiger partial charge in [0.25, 0.3) is 0 Å². The van der Waals surface area contributed by atoms with Crippen molar-refractivity contribution in [1.29, 1.82) is 0 Å². The first-order chi connectivity index (χ1) is 9.65. The molecule has 2 N–H and O–H groups in total. The van der Waals surface area contributed by atoms with Crippen LogP contribution in [0.2, 0.25) is 0 Å². The first-order valence-electron chi connectivity index (χ1n) is 6.51. The van der Waals surface area contributed by atoms with Crippen molar-refractivity contribution < 1.29 is 0 Å². The van der Waals surface area contributed by atoms with Crippen LogP contribution in [0.4, 0.5) is 0 Å². The molecule has 3 heteroatoms. The number of aryl methyl sites for hydroxylation is 1. The topological polar surface area (TPSA) is 38.9 Å². The van der Waals surface area contributed by atoms with Crippen molar-refractivity contribution in [2.75, 3.05) is 0 Å². The molecular weight excluding hydrogens is 312 g/mol. The van der Waals surface area contributed by atoms with Crippen molar-refractivity contribution in [3.8, 4) is 0 Å². The summed E-state index contributed by atoms with van der Waals surface area (Å²) in [4.78, 5) is 4.34. The van der Waals surface area contributed by atoms with Crippen LogP contribution in [0.1, 0.15) is 22.7 Å². The first kappa shape index (κ1) is 13.3. The lowest BCUT2D eigenvalue weighted by Gasteiger charge is -2.16. The van der Waals surface area contributed by atoms with E-state index in [0.29, 0.717) is 0 Å². The summed E-state index contributed by atoms with van der Waals surface area (Å²) in [5, 5.41) is 1.12. The van der Waals surface area contributed by atoms with E-state index in [1.165, 1.54) is 5.56 Å². The fourth-order valence-electron chi connectivity index (χ4n) is 2.46. The molecule has 0 radical (unpaired) electrons. The van der Waals surface area contributed by atoms with Crippen LogP contribution in [0, 0.1) is 6.92 Å². The predicted molar refractivity (Wildman–Crippen MR) is 86.7 cm³/mol. The fourth-order valence-corrected chi connectivity index (χ4v) is 2.93. The summed E-state index contributed by atoms with van der Waals surface area (Å²) in [6.07, 6.45) is 1.81. The molecule has 1 atom stereocenters. The lowest BCUT2D eigenvalue weighted by molar-refractivity contribution is 0.863. The Morgan fingerprint density at radius 3 is 2.75 bits per heavy atom. The van der Waals surface area contributed by atoms with E-state index in [0.717, 1.165) is 26.5 Å². The lowest BCUT2D eigenvalue weighted by atomic mass is 9.95. The minimum absolute atomic E-state index is 0.118. The number of nitrogens with zero attached hydrogens (tertiary/aromatic N) is 1. The normalized spacial score (nSPS) is 12.6. The SMILES string of the molecule is Cc1cc(Br)ccc1C(N)c1ccc2ncccc2c1. The molecule has 0 saturated heterocycles. The summed E-state index contributed by atoms with van der Waals surface area (Å²) >= 11 is 3.49. The molecule has 1 aromatic heterocycles. The number of nitrogens with two attached hydrogens (primary N) is 1. The van der Waals surface area contributed by atoms with Gasteiger partial charge in [-0.25, -0.2) is 0 Å². The van der Waals surface area contributed by atoms with Crippen LogP contribution in [0.25, 0.3) is 10.9 Å². The number of rotatable bonds is 2. The molecule has 0 bridgehead atoms. The molecule has 1 heterocycles. The van der Waals surface area contributed by atoms with E-state index in [1.807, 2.05) is 18.2 Å². The number of hydrogen-bond donors (Lipinski definition) is 1. The van der Waals surface area contributed by atoms with Crippen LogP contribution in [0.15, 0.2) is 59.2 Å². The number of aromatic nitrogens is 1. The van der Waals surface area contributed by atoms with Crippen LogP contribution >= 0.6 is 15.9 Å². The predicted octanol–water partition coefficient (Wildman–Crippen LogP) is 4.35. The molecule has 0 aliphatic carbocycles. The van der Waals surface area contributed by atoms with Gasteiger partial charge in [0.1, 0.15) is 0 Å². The Labute approximate surface area is 126 Å². The van der Waals surface area contributed by atoms with Crippen LogP contribution < -0.4 is 5.73 Å². The standard InChI is InChI=1S/C17H15BrN2/c1-11-9-14(18)5-6-15(11)17(19)13-4-7-16-12(10-13)3-2-8-20-16/h2-10,17H,19H2,1H3. The van der Waals surface area contributed by atoms with Crippen molar-refractivity contribution in [2.24, 2.45) is 5.73 Å². The molecule has 0 fully saturated rings. The van der Waals surface area contributed by atoms with E-state index < -0.39 is 0 Å². The van der Waals surface area contributed by atoms with Gasteiger partial charge >= 0.3 is 0 Å². The van der Waals surface area contributed by atoms with Gasteiger partial charge in [0, 0.05) is 16.1 Å². The van der Waals surface area contributed by atoms with Gasteiger partial charge < -0.3 is 5.73 Å². The Morgan fingerprint density at radius 2 is 1.95 bits per heavy atom. The Bertz CT molecular complexity index is 768. The van der Waals surface area contributed by atoms with Crippen molar-refractivity contribution in [2.45, 2.75) is 13.0 Å².